The van der Waals surface area contributed by atoms with Crippen LogP contribution in [0.3, 0.4) is 0 Å². The van der Waals surface area contributed by atoms with Gasteiger partial charge in [-0.1, -0.05) is 45.2 Å². The number of Topliss-reactive ketones (excluding diaryl/α,β-unsaturated/α-hetero) is 1. The highest BCUT2D eigenvalue weighted by Gasteiger charge is 2.33. The van der Waals surface area contributed by atoms with E-state index in [0.717, 1.165) is 11.1 Å². The molecule has 7 nitrogen and oxygen atoms in total. The number of anilines is 1. The number of carbonyl (C=O) groups excluding carboxylic acids is 3. The van der Waals surface area contributed by atoms with Crippen molar-refractivity contribution in [2.24, 2.45) is 5.73 Å². The lowest BCUT2D eigenvalue weighted by molar-refractivity contribution is -0.135. The number of unbranched alkanes of at least 4 members (excludes halogenated alkanes) is 1. The Hall–Kier alpha value is -2.42. The Morgan fingerprint density at radius 3 is 2.24 bits per heavy atom. The summed E-state index contributed by atoms with van der Waals surface area (Å²) in [6, 6.07) is 8.18. The molecule has 1 aliphatic rings. The summed E-state index contributed by atoms with van der Waals surface area (Å²) in [6.45, 7) is 7.32. The molecular weight excluding hydrogens is 438 g/mol. The number of thiol groups is 1. The Bertz CT molecular complexity index is 1010. The average Bonchev–Trinajstić information content (AvgIpc) is 2.75. The number of nitrogens with two attached hydrogens (primary N) is 1. The zero-order chi connectivity index (χ0) is 24.9. The van der Waals surface area contributed by atoms with Crippen LogP contribution in [-0.4, -0.2) is 52.8 Å². The first kappa shape index (κ1) is 26.8. The Morgan fingerprint density at radius 2 is 1.70 bits per heavy atom. The number of ketones is 1. The highest BCUT2D eigenvalue weighted by molar-refractivity contribution is 7.81. The molecule has 1 aliphatic heterocycles. The predicted molar refractivity (Wildman–Crippen MR) is 136 cm³/mol. The first-order valence-electron chi connectivity index (χ1n) is 11.3. The van der Waals surface area contributed by atoms with E-state index in [1.807, 2.05) is 12.1 Å². The van der Waals surface area contributed by atoms with Crippen molar-refractivity contribution in [1.29, 1.82) is 0 Å². The Kier molecular flexibility index (Phi) is 9.05. The third kappa shape index (κ3) is 5.93. The molecule has 2 amide bonds. The maximum atomic E-state index is 13.0. The van der Waals surface area contributed by atoms with Gasteiger partial charge in [0.05, 0.1) is 11.7 Å². The summed E-state index contributed by atoms with van der Waals surface area (Å²) in [7, 11) is 1.79. The highest BCUT2D eigenvalue weighted by Crippen LogP contribution is 2.36. The largest absolute Gasteiger partial charge is 0.383 e. The van der Waals surface area contributed by atoms with E-state index < -0.39 is 17.4 Å². The van der Waals surface area contributed by atoms with E-state index in [2.05, 4.69) is 26.7 Å². The van der Waals surface area contributed by atoms with E-state index in [0.29, 0.717) is 35.8 Å². The van der Waals surface area contributed by atoms with E-state index in [-0.39, 0.29) is 18.4 Å². The first-order chi connectivity index (χ1) is 15.4. The van der Waals surface area contributed by atoms with Crippen molar-refractivity contribution < 1.29 is 19.5 Å². The molecule has 8 heteroatoms. The standard InChI is InChI=1S/C22H27N3O4S.C3H8/c1-22(2,29)19(26)16(23)9-4-5-12-25-20(27)14-8-6-7-13-17(24(3)30)11-10-15(18(13)14)21(25)28;1-3-2/h6-8,10-11,16,29-30H,4-5,9,12,23H2,1-3H3;3H2,1-2H3. The molecule has 2 aromatic carbocycles. The molecule has 0 saturated heterocycles. The van der Waals surface area contributed by atoms with Gasteiger partial charge in [0.2, 0.25) is 0 Å². The van der Waals surface area contributed by atoms with E-state index in [1.54, 1.807) is 29.6 Å². The minimum Gasteiger partial charge on any atom is -0.383 e. The summed E-state index contributed by atoms with van der Waals surface area (Å²) in [5.74, 6) is -1.07. The molecule has 0 radical (unpaired) electrons. The van der Waals surface area contributed by atoms with Gasteiger partial charge in [-0.2, -0.15) is 0 Å². The Labute approximate surface area is 201 Å². The van der Waals surface area contributed by atoms with Crippen molar-refractivity contribution in [3.05, 3.63) is 41.5 Å². The lowest BCUT2D eigenvalue weighted by Crippen LogP contribution is -2.44. The molecule has 0 fully saturated rings. The van der Waals surface area contributed by atoms with Gasteiger partial charge >= 0.3 is 0 Å². The van der Waals surface area contributed by atoms with Crippen LogP contribution in [0.1, 0.15) is 74.1 Å². The summed E-state index contributed by atoms with van der Waals surface area (Å²) in [6.07, 6.45) is 2.70. The van der Waals surface area contributed by atoms with Crippen molar-refractivity contribution in [3.8, 4) is 0 Å². The summed E-state index contributed by atoms with van der Waals surface area (Å²) >= 11 is 4.35. The maximum absolute atomic E-state index is 13.0. The number of aliphatic hydroxyl groups is 1. The minimum atomic E-state index is -1.47. The second-order valence-corrected chi connectivity index (χ2v) is 9.48. The SMILES string of the molecule is CCC.CN(S)c1ccc2c3c(cccc13)C(=O)N(CCCCC(N)C(=O)C(C)(C)O)C2=O. The quantitative estimate of drug-likeness (QED) is 0.304. The predicted octanol–water partition coefficient (Wildman–Crippen LogP) is 3.97. The fraction of sp³-hybridized carbons (Fsp3) is 0.480. The van der Waals surface area contributed by atoms with E-state index in [1.165, 1.54) is 25.2 Å². The Balaban J connectivity index is 0.00000122. The second-order valence-electron chi connectivity index (χ2n) is 8.88. The fourth-order valence-electron chi connectivity index (χ4n) is 3.84. The van der Waals surface area contributed by atoms with Gasteiger partial charge in [-0.3, -0.25) is 19.3 Å². The molecule has 0 aromatic heterocycles. The third-order valence-corrected chi connectivity index (χ3v) is 5.62. The van der Waals surface area contributed by atoms with Crippen molar-refractivity contribution in [1.82, 2.24) is 4.90 Å². The molecule has 2 aromatic rings. The maximum Gasteiger partial charge on any atom is 0.261 e. The number of benzene rings is 2. The molecule has 3 N–H and O–H groups in total. The van der Waals surface area contributed by atoms with Crippen LogP contribution in [0.4, 0.5) is 5.69 Å². The molecule has 180 valence electrons. The highest BCUT2D eigenvalue weighted by atomic mass is 32.1. The molecule has 3 rings (SSSR count). The van der Waals surface area contributed by atoms with Crippen LogP contribution in [0.5, 0.6) is 0 Å². The molecule has 0 spiro atoms. The van der Waals surface area contributed by atoms with Crippen molar-refractivity contribution in [2.75, 3.05) is 17.9 Å². The number of amides is 2. The van der Waals surface area contributed by atoms with Gasteiger partial charge in [-0.15, -0.1) is 0 Å². The van der Waals surface area contributed by atoms with Gasteiger partial charge in [0.25, 0.3) is 11.8 Å². The smallest absolute Gasteiger partial charge is 0.261 e. The molecule has 0 bridgehead atoms. The summed E-state index contributed by atoms with van der Waals surface area (Å²) < 4.78 is 1.66. The van der Waals surface area contributed by atoms with Crippen molar-refractivity contribution >= 4 is 46.9 Å². The number of nitrogens with zero attached hydrogens (tertiary/aromatic N) is 2. The van der Waals surface area contributed by atoms with Crippen molar-refractivity contribution in [3.63, 3.8) is 0 Å². The molecule has 1 unspecified atom stereocenters. The van der Waals surface area contributed by atoms with Crippen molar-refractivity contribution in [2.45, 2.75) is 65.0 Å². The Morgan fingerprint density at radius 1 is 1.12 bits per heavy atom. The molecular formula is C25H35N3O4S. The van der Waals surface area contributed by atoms with Gasteiger partial charge in [-0.25, -0.2) is 0 Å². The van der Waals surface area contributed by atoms with Gasteiger partial charge < -0.3 is 15.1 Å². The molecule has 1 atom stereocenters. The number of rotatable bonds is 8. The van der Waals surface area contributed by atoms with E-state index in [4.69, 9.17) is 5.73 Å². The number of hydrogen-bond acceptors (Lipinski definition) is 7. The first-order valence-corrected chi connectivity index (χ1v) is 11.7. The van der Waals surface area contributed by atoms with Crippen LogP contribution in [-0.2, 0) is 4.79 Å². The lowest BCUT2D eigenvalue weighted by Gasteiger charge is -2.28. The lowest BCUT2D eigenvalue weighted by atomic mass is 9.92. The molecule has 0 saturated carbocycles. The summed E-state index contributed by atoms with van der Waals surface area (Å²) in [4.78, 5) is 39.3. The van der Waals surface area contributed by atoms with Crippen LogP contribution in [0.2, 0.25) is 0 Å². The van der Waals surface area contributed by atoms with Gasteiger partial charge in [0.1, 0.15) is 5.60 Å². The zero-order valence-corrected chi connectivity index (χ0v) is 21.0. The average molecular weight is 474 g/mol. The molecule has 33 heavy (non-hydrogen) atoms. The van der Waals surface area contributed by atoms with Crippen LogP contribution < -0.4 is 10.0 Å². The van der Waals surface area contributed by atoms with Crippen LogP contribution in [0, 0.1) is 0 Å². The number of hydrogen-bond donors (Lipinski definition) is 3. The third-order valence-electron chi connectivity index (χ3n) is 5.40. The van der Waals surface area contributed by atoms with Crippen LogP contribution >= 0.6 is 12.8 Å². The van der Waals surface area contributed by atoms with Gasteiger partial charge in [0, 0.05) is 35.5 Å². The topological polar surface area (TPSA) is 104 Å². The number of carbonyl (C=O) groups is 3. The van der Waals surface area contributed by atoms with Crippen LogP contribution in [0.15, 0.2) is 30.3 Å². The van der Waals surface area contributed by atoms with E-state index >= 15 is 0 Å². The van der Waals surface area contributed by atoms with Gasteiger partial charge in [-0.05, 0) is 51.3 Å². The number of imide groups is 1. The normalized spacial score (nSPS) is 14.1. The second kappa shape index (κ2) is 11.1. The molecule has 1 heterocycles. The fourth-order valence-corrected chi connectivity index (χ4v) is 4.01. The summed E-state index contributed by atoms with van der Waals surface area (Å²) in [5.41, 5.74) is 6.20. The monoisotopic (exact) mass is 473 g/mol. The van der Waals surface area contributed by atoms with Gasteiger partial charge in [0.15, 0.2) is 5.78 Å². The zero-order valence-electron chi connectivity index (χ0n) is 20.1. The minimum absolute atomic E-state index is 0.241. The van der Waals surface area contributed by atoms with E-state index in [9.17, 15) is 19.5 Å². The molecule has 0 aliphatic carbocycles. The van der Waals surface area contributed by atoms with Crippen LogP contribution in [0.25, 0.3) is 10.8 Å². The summed E-state index contributed by atoms with van der Waals surface area (Å²) in [5, 5.41) is 11.2.